The van der Waals surface area contributed by atoms with Gasteiger partial charge < -0.3 is 20.3 Å². The molecule has 3 N–H and O–H groups in total. The van der Waals surface area contributed by atoms with Crippen LogP contribution >= 0.6 is 11.6 Å². The number of ether oxygens (including phenoxy) is 2. The van der Waals surface area contributed by atoms with E-state index in [4.69, 9.17) is 31.9 Å². The van der Waals surface area contributed by atoms with Crippen molar-refractivity contribution in [3.8, 4) is 11.5 Å². The highest BCUT2D eigenvalue weighted by Gasteiger charge is 2.25. The third-order valence-corrected chi connectivity index (χ3v) is 3.36. The SMILES string of the molecule is CCc1c2c(cc(Cl)c1C(N)CC(=O)O)OCCO2. The fraction of sp³-hybridized carbons (Fsp3) is 0.462. The Morgan fingerprint density at radius 1 is 1.53 bits per heavy atom. The van der Waals surface area contributed by atoms with E-state index in [2.05, 4.69) is 0 Å². The van der Waals surface area contributed by atoms with Crippen LogP contribution < -0.4 is 15.2 Å². The monoisotopic (exact) mass is 285 g/mol. The number of carboxylic acid groups (broad SMARTS) is 1. The van der Waals surface area contributed by atoms with Crippen LogP contribution in [0.15, 0.2) is 6.07 Å². The Hall–Kier alpha value is -1.46. The number of hydrogen-bond donors (Lipinski definition) is 2. The molecule has 0 amide bonds. The number of nitrogens with two attached hydrogens (primary N) is 1. The topological polar surface area (TPSA) is 81.8 Å². The molecule has 1 aliphatic rings. The fourth-order valence-corrected chi connectivity index (χ4v) is 2.63. The zero-order valence-electron chi connectivity index (χ0n) is 10.6. The summed E-state index contributed by atoms with van der Waals surface area (Å²) in [7, 11) is 0. The molecule has 0 radical (unpaired) electrons. The third kappa shape index (κ3) is 2.77. The smallest absolute Gasteiger partial charge is 0.305 e. The molecule has 0 saturated carbocycles. The van der Waals surface area contributed by atoms with E-state index in [1.165, 1.54) is 0 Å². The highest BCUT2D eigenvalue weighted by atomic mass is 35.5. The summed E-state index contributed by atoms with van der Waals surface area (Å²) in [6.07, 6.45) is 0.473. The van der Waals surface area contributed by atoms with Crippen LogP contribution in [0.4, 0.5) is 0 Å². The molecule has 1 heterocycles. The van der Waals surface area contributed by atoms with E-state index in [-0.39, 0.29) is 6.42 Å². The summed E-state index contributed by atoms with van der Waals surface area (Å²) in [6.45, 7) is 2.89. The van der Waals surface area contributed by atoms with Crippen LogP contribution in [0.2, 0.25) is 5.02 Å². The van der Waals surface area contributed by atoms with Crippen molar-refractivity contribution in [3.63, 3.8) is 0 Å². The van der Waals surface area contributed by atoms with E-state index < -0.39 is 12.0 Å². The largest absolute Gasteiger partial charge is 0.486 e. The summed E-state index contributed by atoms with van der Waals surface area (Å²) in [5, 5.41) is 9.28. The van der Waals surface area contributed by atoms with E-state index in [9.17, 15) is 4.79 Å². The summed E-state index contributed by atoms with van der Waals surface area (Å²) in [4.78, 5) is 10.8. The first-order valence-corrected chi connectivity index (χ1v) is 6.50. The Bertz CT molecular complexity index is 504. The molecule has 1 aromatic rings. The summed E-state index contributed by atoms with van der Waals surface area (Å²) in [6, 6.07) is 0.988. The van der Waals surface area contributed by atoms with E-state index in [0.29, 0.717) is 41.7 Å². The molecular formula is C13H16ClNO4. The van der Waals surface area contributed by atoms with Crippen molar-refractivity contribution in [2.45, 2.75) is 25.8 Å². The van der Waals surface area contributed by atoms with E-state index in [0.717, 1.165) is 5.56 Å². The van der Waals surface area contributed by atoms with Crippen LogP contribution in [0.3, 0.4) is 0 Å². The molecule has 0 fully saturated rings. The molecule has 0 aromatic heterocycles. The van der Waals surface area contributed by atoms with Crippen molar-refractivity contribution < 1.29 is 19.4 Å². The van der Waals surface area contributed by atoms with Crippen molar-refractivity contribution in [2.75, 3.05) is 13.2 Å². The second-order valence-electron chi connectivity index (χ2n) is 4.33. The zero-order chi connectivity index (χ0) is 14.0. The molecule has 0 saturated heterocycles. The van der Waals surface area contributed by atoms with Gasteiger partial charge in [0.2, 0.25) is 0 Å². The van der Waals surface area contributed by atoms with Crippen LogP contribution in [0, 0.1) is 0 Å². The van der Waals surface area contributed by atoms with Crippen LogP contribution in [-0.4, -0.2) is 24.3 Å². The lowest BCUT2D eigenvalue weighted by Gasteiger charge is -2.25. The van der Waals surface area contributed by atoms with Crippen molar-refractivity contribution in [1.29, 1.82) is 0 Å². The first-order valence-electron chi connectivity index (χ1n) is 6.12. The lowest BCUT2D eigenvalue weighted by Crippen LogP contribution is -2.21. The molecule has 1 unspecified atom stereocenters. The second kappa shape index (κ2) is 5.67. The highest BCUT2D eigenvalue weighted by molar-refractivity contribution is 6.31. The number of carbonyl (C=O) groups is 1. The van der Waals surface area contributed by atoms with Gasteiger partial charge in [0.05, 0.1) is 6.42 Å². The van der Waals surface area contributed by atoms with Crippen LogP contribution in [-0.2, 0) is 11.2 Å². The van der Waals surface area contributed by atoms with Gasteiger partial charge in [-0.25, -0.2) is 0 Å². The Balaban J connectivity index is 2.50. The van der Waals surface area contributed by atoms with Gasteiger partial charge in [0.25, 0.3) is 0 Å². The minimum absolute atomic E-state index is 0.174. The Labute approximate surface area is 116 Å². The predicted octanol–water partition coefficient (Wildman–Crippen LogP) is 2.15. The molecule has 1 aromatic carbocycles. The molecule has 0 bridgehead atoms. The molecule has 5 nitrogen and oxygen atoms in total. The predicted molar refractivity (Wildman–Crippen MR) is 71.0 cm³/mol. The molecule has 2 rings (SSSR count). The van der Waals surface area contributed by atoms with Gasteiger partial charge in [0.15, 0.2) is 11.5 Å². The van der Waals surface area contributed by atoms with Crippen LogP contribution in [0.1, 0.15) is 30.5 Å². The van der Waals surface area contributed by atoms with Gasteiger partial charge in [-0.05, 0) is 12.0 Å². The quantitative estimate of drug-likeness (QED) is 0.886. The maximum absolute atomic E-state index is 10.8. The van der Waals surface area contributed by atoms with Gasteiger partial charge in [-0.15, -0.1) is 0 Å². The van der Waals surface area contributed by atoms with Gasteiger partial charge in [-0.2, -0.15) is 0 Å². The van der Waals surface area contributed by atoms with Gasteiger partial charge in [0, 0.05) is 22.7 Å². The lowest BCUT2D eigenvalue weighted by atomic mass is 9.95. The summed E-state index contributed by atoms with van der Waals surface area (Å²) in [5.74, 6) is 0.272. The highest BCUT2D eigenvalue weighted by Crippen LogP contribution is 2.42. The van der Waals surface area contributed by atoms with Crippen molar-refractivity contribution >= 4 is 17.6 Å². The molecule has 19 heavy (non-hydrogen) atoms. The molecule has 104 valence electrons. The average Bonchev–Trinajstić information content (AvgIpc) is 2.35. The van der Waals surface area contributed by atoms with Gasteiger partial charge >= 0.3 is 5.97 Å². The standard InChI is InChI=1S/C13H16ClNO4/c1-2-7-12(9(15)6-11(16)17)8(14)5-10-13(7)19-4-3-18-10/h5,9H,2-4,6,15H2,1H3,(H,16,17). The number of hydrogen-bond acceptors (Lipinski definition) is 4. The van der Waals surface area contributed by atoms with Crippen molar-refractivity contribution in [3.05, 3.63) is 22.2 Å². The maximum Gasteiger partial charge on any atom is 0.305 e. The van der Waals surface area contributed by atoms with Crippen molar-refractivity contribution in [2.24, 2.45) is 5.73 Å². The zero-order valence-corrected chi connectivity index (χ0v) is 11.4. The van der Waals surface area contributed by atoms with Gasteiger partial charge in [-0.3, -0.25) is 4.79 Å². The number of carboxylic acids is 1. The van der Waals surface area contributed by atoms with Gasteiger partial charge in [-0.1, -0.05) is 18.5 Å². The van der Waals surface area contributed by atoms with E-state index >= 15 is 0 Å². The molecule has 6 heteroatoms. The second-order valence-corrected chi connectivity index (χ2v) is 4.74. The third-order valence-electron chi connectivity index (χ3n) is 3.04. The normalized spacial score (nSPS) is 15.1. The Morgan fingerprint density at radius 2 is 2.21 bits per heavy atom. The van der Waals surface area contributed by atoms with E-state index in [1.807, 2.05) is 6.92 Å². The maximum atomic E-state index is 10.8. The van der Waals surface area contributed by atoms with Crippen LogP contribution in [0.25, 0.3) is 0 Å². The fourth-order valence-electron chi connectivity index (χ4n) is 2.28. The average molecular weight is 286 g/mol. The Kier molecular flexibility index (Phi) is 4.17. The van der Waals surface area contributed by atoms with Gasteiger partial charge in [0.1, 0.15) is 13.2 Å². The lowest BCUT2D eigenvalue weighted by molar-refractivity contribution is -0.137. The Morgan fingerprint density at radius 3 is 2.84 bits per heavy atom. The minimum atomic E-state index is -0.958. The van der Waals surface area contributed by atoms with Crippen LogP contribution in [0.5, 0.6) is 11.5 Å². The molecule has 1 atom stereocenters. The molecule has 0 spiro atoms. The summed E-state index contributed by atoms with van der Waals surface area (Å²) < 4.78 is 11.1. The first kappa shape index (κ1) is 14.0. The minimum Gasteiger partial charge on any atom is -0.486 e. The number of fused-ring (bicyclic) bond motifs is 1. The molecular weight excluding hydrogens is 270 g/mol. The number of rotatable bonds is 4. The molecule has 0 aliphatic carbocycles. The number of halogens is 1. The van der Waals surface area contributed by atoms with Crippen molar-refractivity contribution in [1.82, 2.24) is 0 Å². The number of aliphatic carboxylic acids is 1. The van der Waals surface area contributed by atoms with E-state index in [1.54, 1.807) is 6.07 Å². The summed E-state index contributed by atoms with van der Waals surface area (Å²) >= 11 is 6.21. The summed E-state index contributed by atoms with van der Waals surface area (Å²) in [5.41, 5.74) is 7.41. The first-order chi connectivity index (χ1) is 9.04. The molecule has 1 aliphatic heterocycles. The number of benzene rings is 1.